The lowest BCUT2D eigenvalue weighted by molar-refractivity contribution is 0.389. The van der Waals surface area contributed by atoms with Crippen molar-refractivity contribution in [3.05, 3.63) is 77.9 Å². The Kier molecular flexibility index (Phi) is 5.54. The van der Waals surface area contributed by atoms with E-state index in [4.69, 9.17) is 4.98 Å². The Hall–Kier alpha value is -3.42. The van der Waals surface area contributed by atoms with Crippen LogP contribution in [0.5, 0.6) is 0 Å². The number of aryl methyl sites for hydroxylation is 2. The fourth-order valence-electron chi connectivity index (χ4n) is 4.49. The number of hydrogen-bond donors (Lipinski definition) is 1. The molecule has 0 atom stereocenters. The highest BCUT2D eigenvalue weighted by Gasteiger charge is 2.19. The van der Waals surface area contributed by atoms with Crippen LogP contribution in [0.2, 0.25) is 0 Å². The zero-order chi connectivity index (χ0) is 24.0. The molecule has 0 saturated heterocycles. The van der Waals surface area contributed by atoms with Gasteiger partial charge in [-0.2, -0.15) is 0 Å². The maximum atomic E-state index is 13.0. The van der Waals surface area contributed by atoms with Crippen LogP contribution in [0.25, 0.3) is 32.8 Å². The van der Waals surface area contributed by atoms with Crippen molar-refractivity contribution in [3.63, 3.8) is 0 Å². The second kappa shape index (κ2) is 8.42. The predicted molar refractivity (Wildman–Crippen MR) is 140 cm³/mol. The summed E-state index contributed by atoms with van der Waals surface area (Å²) in [4.78, 5) is 7.41. The van der Waals surface area contributed by atoms with Gasteiger partial charge in [0, 0.05) is 34.9 Å². The van der Waals surface area contributed by atoms with E-state index in [9.17, 15) is 8.42 Å². The van der Waals surface area contributed by atoms with Crippen molar-refractivity contribution in [2.75, 3.05) is 25.4 Å². The third-order valence-corrected chi connectivity index (χ3v) is 7.70. The molecule has 34 heavy (non-hydrogen) atoms. The summed E-state index contributed by atoms with van der Waals surface area (Å²) < 4.78 is 31.0. The molecule has 0 spiro atoms. The molecule has 0 radical (unpaired) electrons. The second-order valence-corrected chi connectivity index (χ2v) is 10.7. The van der Waals surface area contributed by atoms with Crippen LogP contribution in [0.3, 0.4) is 0 Å². The predicted octanol–water partition coefficient (Wildman–Crippen LogP) is 5.32. The van der Waals surface area contributed by atoms with Gasteiger partial charge in [0.15, 0.2) is 0 Å². The molecular formula is C27H28N4O2S. The molecule has 0 fully saturated rings. The standard InChI is InChI=1S/C27H28N4O2S/c1-18-9-12-21(13-10-18)34(32,33)29-20-11-14-25-23(17-20)26-19(2)22-7-5-6-8-24(22)28-27(26)31(25)16-15-30(3)4/h5-14,17,29H,15-16H2,1-4H3. The van der Waals surface area contributed by atoms with E-state index < -0.39 is 10.0 Å². The van der Waals surface area contributed by atoms with E-state index in [1.807, 2.05) is 43.3 Å². The average Bonchev–Trinajstić information content (AvgIpc) is 3.10. The number of para-hydroxylation sites is 1. The van der Waals surface area contributed by atoms with Gasteiger partial charge in [-0.25, -0.2) is 13.4 Å². The quantitative estimate of drug-likeness (QED) is 0.363. The van der Waals surface area contributed by atoms with Crippen LogP contribution in [0.15, 0.2) is 71.6 Å². The minimum absolute atomic E-state index is 0.246. The van der Waals surface area contributed by atoms with Gasteiger partial charge < -0.3 is 9.47 Å². The Balaban J connectivity index is 1.70. The number of rotatable bonds is 6. The molecule has 5 aromatic rings. The maximum Gasteiger partial charge on any atom is 0.261 e. The highest BCUT2D eigenvalue weighted by molar-refractivity contribution is 7.92. The van der Waals surface area contributed by atoms with Crippen molar-refractivity contribution in [2.24, 2.45) is 0 Å². The Morgan fingerprint density at radius 2 is 1.68 bits per heavy atom. The number of nitrogens with zero attached hydrogens (tertiary/aromatic N) is 3. The number of hydrogen-bond acceptors (Lipinski definition) is 4. The van der Waals surface area contributed by atoms with Crippen molar-refractivity contribution in [1.82, 2.24) is 14.5 Å². The van der Waals surface area contributed by atoms with Crippen molar-refractivity contribution in [2.45, 2.75) is 25.3 Å². The molecule has 0 aliphatic carbocycles. The van der Waals surface area contributed by atoms with Crippen LogP contribution >= 0.6 is 0 Å². The molecule has 5 rings (SSSR count). The Bertz CT molecular complexity index is 1640. The summed E-state index contributed by atoms with van der Waals surface area (Å²) >= 11 is 0. The third kappa shape index (κ3) is 3.91. The van der Waals surface area contributed by atoms with E-state index in [2.05, 4.69) is 41.3 Å². The molecule has 0 bridgehead atoms. The average molecular weight is 473 g/mol. The third-order valence-electron chi connectivity index (χ3n) is 6.30. The van der Waals surface area contributed by atoms with Gasteiger partial charge in [-0.1, -0.05) is 35.9 Å². The first kappa shape index (κ1) is 22.4. The lowest BCUT2D eigenvalue weighted by atomic mass is 10.0. The first-order valence-corrected chi connectivity index (χ1v) is 12.8. The summed E-state index contributed by atoms with van der Waals surface area (Å²) in [6.45, 7) is 5.70. The monoisotopic (exact) mass is 472 g/mol. The number of sulfonamides is 1. The summed E-state index contributed by atoms with van der Waals surface area (Å²) in [5.74, 6) is 0. The lowest BCUT2D eigenvalue weighted by Gasteiger charge is -2.13. The molecule has 7 heteroatoms. The van der Waals surface area contributed by atoms with Gasteiger partial charge in [0.25, 0.3) is 10.0 Å². The molecule has 2 aromatic heterocycles. The van der Waals surface area contributed by atoms with Crippen molar-refractivity contribution in [3.8, 4) is 0 Å². The van der Waals surface area contributed by atoms with Crippen LogP contribution in [0.4, 0.5) is 5.69 Å². The van der Waals surface area contributed by atoms with Crippen LogP contribution in [-0.4, -0.2) is 43.5 Å². The Labute approximate surface area is 199 Å². The van der Waals surface area contributed by atoms with Gasteiger partial charge in [0.2, 0.25) is 0 Å². The molecule has 0 saturated carbocycles. The Morgan fingerprint density at radius 1 is 0.941 bits per heavy atom. The van der Waals surface area contributed by atoms with Crippen molar-refractivity contribution < 1.29 is 8.42 Å². The van der Waals surface area contributed by atoms with E-state index >= 15 is 0 Å². The maximum absolute atomic E-state index is 13.0. The summed E-state index contributed by atoms with van der Waals surface area (Å²) in [6, 6.07) is 20.8. The van der Waals surface area contributed by atoms with Gasteiger partial charge in [-0.05, 0) is 69.9 Å². The molecule has 2 heterocycles. The number of benzene rings is 3. The summed E-state index contributed by atoms with van der Waals surface area (Å²) in [5, 5.41) is 3.16. The lowest BCUT2D eigenvalue weighted by Crippen LogP contribution is -2.18. The van der Waals surface area contributed by atoms with E-state index in [1.54, 1.807) is 24.3 Å². The molecule has 0 unspecified atom stereocenters. The normalized spacial score (nSPS) is 12.3. The van der Waals surface area contributed by atoms with Gasteiger partial charge in [0.05, 0.1) is 15.9 Å². The highest BCUT2D eigenvalue weighted by Crippen LogP contribution is 2.35. The fourth-order valence-corrected chi connectivity index (χ4v) is 5.53. The van der Waals surface area contributed by atoms with E-state index in [0.29, 0.717) is 5.69 Å². The number of anilines is 1. The summed E-state index contributed by atoms with van der Waals surface area (Å²) in [5.41, 5.74) is 5.62. The van der Waals surface area contributed by atoms with Crippen LogP contribution in [0, 0.1) is 13.8 Å². The summed E-state index contributed by atoms with van der Waals surface area (Å²) in [7, 11) is 0.420. The highest BCUT2D eigenvalue weighted by atomic mass is 32.2. The topological polar surface area (TPSA) is 67.2 Å². The number of pyridine rings is 1. The van der Waals surface area contributed by atoms with Gasteiger partial charge in [0.1, 0.15) is 5.65 Å². The largest absolute Gasteiger partial charge is 0.324 e. The van der Waals surface area contributed by atoms with E-state index in [1.165, 1.54) is 0 Å². The molecule has 174 valence electrons. The number of aromatic nitrogens is 2. The smallest absolute Gasteiger partial charge is 0.261 e. The van der Waals surface area contributed by atoms with E-state index in [0.717, 1.165) is 57.1 Å². The van der Waals surface area contributed by atoms with Crippen LogP contribution < -0.4 is 4.72 Å². The van der Waals surface area contributed by atoms with Gasteiger partial charge >= 0.3 is 0 Å². The zero-order valence-corrected chi connectivity index (χ0v) is 20.6. The molecule has 0 aliphatic rings. The van der Waals surface area contributed by atoms with Crippen molar-refractivity contribution in [1.29, 1.82) is 0 Å². The molecule has 0 amide bonds. The van der Waals surface area contributed by atoms with Crippen LogP contribution in [0.1, 0.15) is 11.1 Å². The molecule has 1 N–H and O–H groups in total. The van der Waals surface area contributed by atoms with Gasteiger partial charge in [-0.3, -0.25) is 4.72 Å². The first-order valence-electron chi connectivity index (χ1n) is 11.3. The van der Waals surface area contributed by atoms with Gasteiger partial charge in [-0.15, -0.1) is 0 Å². The molecule has 6 nitrogen and oxygen atoms in total. The van der Waals surface area contributed by atoms with Crippen LogP contribution in [-0.2, 0) is 16.6 Å². The minimum atomic E-state index is -3.69. The first-order chi connectivity index (χ1) is 16.2. The SMILES string of the molecule is Cc1ccc(S(=O)(=O)Nc2ccc3c(c2)c2c(C)c4ccccc4nc2n3CCN(C)C)cc1. The molecular weight excluding hydrogens is 444 g/mol. The fraction of sp³-hybridized carbons (Fsp3) is 0.222. The minimum Gasteiger partial charge on any atom is -0.324 e. The second-order valence-electron chi connectivity index (χ2n) is 9.06. The molecule has 0 aliphatic heterocycles. The molecule has 3 aromatic carbocycles. The van der Waals surface area contributed by atoms with Crippen molar-refractivity contribution >= 4 is 48.5 Å². The summed E-state index contributed by atoms with van der Waals surface area (Å²) in [6.07, 6.45) is 0. The zero-order valence-electron chi connectivity index (χ0n) is 19.8. The number of fused-ring (bicyclic) bond motifs is 4. The Morgan fingerprint density at radius 3 is 2.41 bits per heavy atom. The number of likely N-dealkylation sites (N-methyl/N-ethyl adjacent to an activating group) is 1. The van der Waals surface area contributed by atoms with E-state index in [-0.39, 0.29) is 4.90 Å². The number of nitrogens with one attached hydrogen (secondary N) is 1.